The number of phenols is 6. The summed E-state index contributed by atoms with van der Waals surface area (Å²) in [6.45, 7) is 0. The summed E-state index contributed by atoms with van der Waals surface area (Å²) in [5.41, 5.74) is 33.7. The molecule has 264 valence electrons. The average molecular weight is 697 g/mol. The lowest BCUT2D eigenvalue weighted by Crippen LogP contribution is -2.18. The molecule has 1 aliphatic carbocycles. The molecule has 6 aromatic carbocycles. The molecule has 0 fully saturated rings. The Morgan fingerprint density at radius 3 is 1.35 bits per heavy atom. The van der Waals surface area contributed by atoms with Gasteiger partial charge in [-0.3, -0.25) is 0 Å². The largest absolute Gasteiger partial charge is 0.508 e. The van der Waals surface area contributed by atoms with Crippen LogP contribution in [0.25, 0.3) is 0 Å². The van der Waals surface area contributed by atoms with Gasteiger partial charge >= 0.3 is 0 Å². The number of nitrogens with two attached hydrogens (primary N) is 4. The molecule has 14 N–H and O–H groups in total. The minimum atomic E-state index is -0.855. The van der Waals surface area contributed by atoms with E-state index < -0.39 is 24.2 Å². The van der Waals surface area contributed by atoms with Crippen molar-refractivity contribution in [3.63, 3.8) is 0 Å². The molecule has 0 aromatic heterocycles. The molecule has 4 unspecified atom stereocenters. The molecule has 1 aliphatic rings. The van der Waals surface area contributed by atoms with Crippen LogP contribution >= 0.6 is 0 Å². The summed E-state index contributed by atoms with van der Waals surface area (Å²) in [5.74, 6) is -0.684. The maximum absolute atomic E-state index is 11.0. The normalized spacial score (nSPS) is 18.7. The van der Waals surface area contributed by atoms with E-state index in [0.29, 0.717) is 68.5 Å². The van der Waals surface area contributed by atoms with Gasteiger partial charge in [0, 0.05) is 47.2 Å². The van der Waals surface area contributed by atoms with E-state index in [1.165, 1.54) is 18.2 Å². The van der Waals surface area contributed by atoms with E-state index in [9.17, 15) is 30.6 Å². The van der Waals surface area contributed by atoms with Crippen LogP contribution in [0.2, 0.25) is 0 Å². The maximum Gasteiger partial charge on any atom is 0.124 e. The van der Waals surface area contributed by atoms with E-state index in [1.807, 2.05) is 24.3 Å². The van der Waals surface area contributed by atoms with E-state index in [-0.39, 0.29) is 34.5 Å². The third-order valence-corrected chi connectivity index (χ3v) is 10.0. The highest BCUT2D eigenvalue weighted by Crippen LogP contribution is 2.40. The van der Waals surface area contributed by atoms with Gasteiger partial charge in [-0.05, 0) is 80.9 Å². The van der Waals surface area contributed by atoms with Crippen LogP contribution < -0.4 is 22.9 Å². The van der Waals surface area contributed by atoms with Crippen LogP contribution in [0.3, 0.4) is 0 Å². The lowest BCUT2D eigenvalue weighted by atomic mass is 9.88. The van der Waals surface area contributed by atoms with Crippen molar-refractivity contribution in [3.05, 3.63) is 176 Å². The monoisotopic (exact) mass is 696 g/mol. The van der Waals surface area contributed by atoms with Crippen molar-refractivity contribution in [2.45, 2.75) is 37.0 Å². The van der Waals surface area contributed by atoms with E-state index in [0.717, 1.165) is 11.1 Å². The van der Waals surface area contributed by atoms with Crippen molar-refractivity contribution in [1.82, 2.24) is 0 Å². The van der Waals surface area contributed by atoms with Crippen LogP contribution in [0.15, 0.2) is 109 Å². The number of hydrogen-bond acceptors (Lipinski definition) is 10. The molecule has 0 heterocycles. The highest BCUT2D eigenvalue weighted by atomic mass is 16.3. The number of benzene rings is 6. The summed E-state index contributed by atoms with van der Waals surface area (Å²) in [4.78, 5) is 0. The van der Waals surface area contributed by atoms with Crippen LogP contribution in [0.4, 0.5) is 0 Å². The van der Waals surface area contributed by atoms with Crippen molar-refractivity contribution in [1.29, 1.82) is 0 Å². The summed E-state index contributed by atoms with van der Waals surface area (Å²) in [5, 5.41) is 65.5. The molecule has 0 amide bonds. The first-order chi connectivity index (χ1) is 24.9. The molecule has 0 spiro atoms. The zero-order valence-electron chi connectivity index (χ0n) is 28.1. The fraction of sp³-hybridized carbons (Fsp3) is 0.143. The van der Waals surface area contributed by atoms with Crippen LogP contribution in [0.5, 0.6) is 34.5 Å². The predicted octanol–water partition coefficient (Wildman–Crippen LogP) is 5.61. The van der Waals surface area contributed by atoms with Gasteiger partial charge in [0.25, 0.3) is 0 Å². The Balaban J connectivity index is 1.40. The molecule has 10 heteroatoms. The molecule has 0 radical (unpaired) electrons. The summed E-state index contributed by atoms with van der Waals surface area (Å²) < 4.78 is 0. The Hall–Kier alpha value is -6.04. The van der Waals surface area contributed by atoms with Gasteiger partial charge in [0.05, 0.1) is 24.2 Å². The quantitative estimate of drug-likeness (QED) is 0.0945. The highest BCUT2D eigenvalue weighted by molar-refractivity contribution is 5.55. The molecular formula is C42H40N4O6. The molecule has 7 rings (SSSR count). The second kappa shape index (κ2) is 13.6. The third kappa shape index (κ3) is 6.47. The number of aromatic hydroxyl groups is 6. The molecule has 0 aliphatic heterocycles. The Kier molecular flexibility index (Phi) is 8.99. The van der Waals surface area contributed by atoms with Crippen molar-refractivity contribution < 1.29 is 30.6 Å². The number of phenolic OH excluding ortho intramolecular Hbond substituents is 6. The lowest BCUT2D eigenvalue weighted by molar-refractivity contribution is 0.438. The minimum absolute atomic E-state index is 0.0534. The van der Waals surface area contributed by atoms with Gasteiger partial charge in [-0.2, -0.15) is 0 Å². The minimum Gasteiger partial charge on any atom is -0.508 e. The van der Waals surface area contributed by atoms with Crippen LogP contribution in [-0.4, -0.2) is 30.6 Å². The fourth-order valence-corrected chi connectivity index (χ4v) is 7.05. The molecular weight excluding hydrogens is 656 g/mol. The van der Waals surface area contributed by atoms with E-state index >= 15 is 0 Å². The van der Waals surface area contributed by atoms with Crippen molar-refractivity contribution in [2.24, 2.45) is 22.9 Å². The van der Waals surface area contributed by atoms with Crippen LogP contribution in [-0.2, 0) is 12.8 Å². The summed E-state index contributed by atoms with van der Waals surface area (Å²) in [6, 6.07) is 27.1. The molecule has 4 atom stereocenters. The summed E-state index contributed by atoms with van der Waals surface area (Å²) in [6.07, 6.45) is 0.681. The van der Waals surface area contributed by atoms with Gasteiger partial charge in [0.15, 0.2) is 0 Å². The lowest BCUT2D eigenvalue weighted by Gasteiger charge is -2.22. The molecule has 0 saturated heterocycles. The Morgan fingerprint density at radius 1 is 0.346 bits per heavy atom. The van der Waals surface area contributed by atoms with Crippen molar-refractivity contribution in [3.8, 4) is 34.5 Å². The van der Waals surface area contributed by atoms with Crippen molar-refractivity contribution >= 4 is 0 Å². The SMILES string of the molecule is NC1c2cccc(c2)C(N)c2cc(c(O)cc2O)C(N)c2ccc(O)c(c2)Cc2cccc(c2)Cc2cc(c(O)cc2O)C(N)c2ccc(O)c1c2. The second-order valence-electron chi connectivity index (χ2n) is 13.5. The summed E-state index contributed by atoms with van der Waals surface area (Å²) in [7, 11) is 0. The zero-order chi connectivity index (χ0) is 36.8. The van der Waals surface area contributed by atoms with Gasteiger partial charge in [-0.15, -0.1) is 0 Å². The smallest absolute Gasteiger partial charge is 0.124 e. The van der Waals surface area contributed by atoms with Gasteiger partial charge in [-0.25, -0.2) is 0 Å². The van der Waals surface area contributed by atoms with Crippen molar-refractivity contribution in [2.75, 3.05) is 0 Å². The number of hydrogen-bond donors (Lipinski definition) is 10. The first-order valence-electron chi connectivity index (χ1n) is 16.8. The molecule has 12 bridgehead atoms. The number of fused-ring (bicyclic) bond motifs is 12. The van der Waals surface area contributed by atoms with Gasteiger partial charge in [0.1, 0.15) is 34.5 Å². The van der Waals surface area contributed by atoms with Gasteiger partial charge < -0.3 is 53.6 Å². The summed E-state index contributed by atoms with van der Waals surface area (Å²) >= 11 is 0. The topological polar surface area (TPSA) is 225 Å². The first kappa shape index (κ1) is 34.4. The zero-order valence-corrected chi connectivity index (χ0v) is 28.1. The van der Waals surface area contributed by atoms with Crippen LogP contribution in [0.1, 0.15) is 90.9 Å². The predicted molar refractivity (Wildman–Crippen MR) is 198 cm³/mol. The van der Waals surface area contributed by atoms with E-state index in [4.69, 9.17) is 22.9 Å². The third-order valence-electron chi connectivity index (χ3n) is 10.0. The first-order valence-corrected chi connectivity index (χ1v) is 16.8. The second-order valence-corrected chi connectivity index (χ2v) is 13.5. The van der Waals surface area contributed by atoms with Gasteiger partial charge in [-0.1, -0.05) is 60.7 Å². The maximum atomic E-state index is 11.0. The average Bonchev–Trinajstić information content (AvgIpc) is 3.13. The Bertz CT molecular complexity index is 2330. The van der Waals surface area contributed by atoms with E-state index in [1.54, 1.807) is 66.7 Å². The van der Waals surface area contributed by atoms with Gasteiger partial charge in [0.2, 0.25) is 0 Å². The molecule has 52 heavy (non-hydrogen) atoms. The number of rotatable bonds is 0. The molecule has 10 nitrogen and oxygen atoms in total. The molecule has 6 aromatic rings. The van der Waals surface area contributed by atoms with Crippen LogP contribution in [0, 0.1) is 0 Å². The molecule has 0 saturated carbocycles. The highest BCUT2D eigenvalue weighted by Gasteiger charge is 2.24. The fourth-order valence-electron chi connectivity index (χ4n) is 7.05. The standard InChI is InChI=1S/C42H40N4O6/c43-39-23-5-2-6-24(14-23)40(44)31-18-32(38(52)20-37(31)51)41(45)25-7-9-33(47)27(15-25)12-21-3-1-4-22(11-21)13-28-17-30(36(50)19-35(28)49)42(46)26-8-10-34(48)29(39)16-26/h1-11,14-20,39-42,47-52H,12-13,43-46H2. The Morgan fingerprint density at radius 2 is 0.769 bits per heavy atom. The van der Waals surface area contributed by atoms with E-state index in [2.05, 4.69) is 0 Å². The Labute approximate surface area is 300 Å².